The van der Waals surface area contributed by atoms with E-state index in [9.17, 15) is 4.79 Å². The van der Waals surface area contributed by atoms with Crippen LogP contribution < -0.4 is 10.1 Å². The molecule has 0 aliphatic carbocycles. The maximum atomic E-state index is 12.1. The van der Waals surface area contributed by atoms with Gasteiger partial charge in [0.15, 0.2) is 0 Å². The van der Waals surface area contributed by atoms with Crippen molar-refractivity contribution >= 4 is 17.2 Å². The lowest BCUT2D eigenvalue weighted by Crippen LogP contribution is -2.45. The monoisotopic (exact) mass is 355 g/mol. The van der Waals surface area contributed by atoms with E-state index < -0.39 is 0 Å². The molecule has 0 saturated carbocycles. The van der Waals surface area contributed by atoms with Crippen LogP contribution in [-0.4, -0.2) is 43.1 Å². The molecule has 1 fully saturated rings. The molecule has 0 spiro atoms. The largest absolute Gasteiger partial charge is 0.492 e. The van der Waals surface area contributed by atoms with Gasteiger partial charge in [0.2, 0.25) is 0 Å². The molecule has 1 aromatic heterocycles. The van der Waals surface area contributed by atoms with Crippen molar-refractivity contribution < 1.29 is 9.53 Å². The molecule has 25 heavy (non-hydrogen) atoms. The van der Waals surface area contributed by atoms with Crippen molar-refractivity contribution in [3.63, 3.8) is 0 Å². The summed E-state index contributed by atoms with van der Waals surface area (Å²) >= 11 is 1.47. The van der Waals surface area contributed by atoms with Crippen molar-refractivity contribution in [2.75, 3.05) is 26.2 Å². The number of hydrogen-bond donors (Lipinski definition) is 1. The van der Waals surface area contributed by atoms with Gasteiger partial charge < -0.3 is 10.1 Å². The third kappa shape index (κ3) is 5.05. The molecule has 130 valence electrons. The fourth-order valence-corrected chi connectivity index (χ4v) is 3.54. The zero-order valence-electron chi connectivity index (χ0n) is 14.0. The van der Waals surface area contributed by atoms with E-state index in [1.165, 1.54) is 11.3 Å². The molecule has 3 rings (SSSR count). The van der Waals surface area contributed by atoms with Gasteiger partial charge in [0.1, 0.15) is 12.4 Å². The maximum Gasteiger partial charge on any atom is 0.261 e. The minimum absolute atomic E-state index is 0.0363. The van der Waals surface area contributed by atoms with Crippen molar-refractivity contribution in [2.24, 2.45) is 0 Å². The van der Waals surface area contributed by atoms with Crippen LogP contribution in [0.1, 0.15) is 28.1 Å². The number of piperidine rings is 1. The Morgan fingerprint density at radius 3 is 2.88 bits per heavy atom. The lowest BCUT2D eigenvalue weighted by Gasteiger charge is -2.32. The lowest BCUT2D eigenvalue weighted by molar-refractivity contribution is 0.0909. The third-order valence-electron chi connectivity index (χ3n) is 4.31. The van der Waals surface area contributed by atoms with Gasteiger partial charge in [-0.1, -0.05) is 12.1 Å². The number of ether oxygens (including phenoxy) is 1. The number of nitrogens with zero attached hydrogens (tertiary/aromatic N) is 2. The van der Waals surface area contributed by atoms with Crippen molar-refractivity contribution in [2.45, 2.75) is 18.9 Å². The summed E-state index contributed by atoms with van der Waals surface area (Å²) in [5.74, 6) is 0.770. The van der Waals surface area contributed by atoms with Gasteiger partial charge in [-0.05, 0) is 42.5 Å². The molecule has 1 aromatic carbocycles. The summed E-state index contributed by atoms with van der Waals surface area (Å²) in [5, 5.41) is 13.9. The average molecular weight is 355 g/mol. The van der Waals surface area contributed by atoms with Gasteiger partial charge >= 0.3 is 0 Å². The van der Waals surface area contributed by atoms with Crippen LogP contribution in [0.4, 0.5) is 0 Å². The highest BCUT2D eigenvalue weighted by Crippen LogP contribution is 2.15. The van der Waals surface area contributed by atoms with E-state index in [-0.39, 0.29) is 11.9 Å². The molecule has 5 nitrogen and oxygen atoms in total. The predicted octanol–water partition coefficient (Wildman–Crippen LogP) is 2.89. The number of carbonyl (C=O) groups is 1. The number of hydrogen-bond acceptors (Lipinski definition) is 5. The highest BCUT2D eigenvalue weighted by Gasteiger charge is 2.21. The quantitative estimate of drug-likeness (QED) is 0.865. The van der Waals surface area contributed by atoms with Crippen molar-refractivity contribution in [1.82, 2.24) is 10.2 Å². The number of rotatable bonds is 6. The number of nitrogens with one attached hydrogen (secondary N) is 1. The normalized spacial score (nSPS) is 15.5. The SMILES string of the molecule is N#Cc1cccc(OCCN2CCC(NC(=O)c3cccs3)CC2)c1. The van der Waals surface area contributed by atoms with Crippen LogP contribution in [0.3, 0.4) is 0 Å². The van der Waals surface area contributed by atoms with Gasteiger partial charge in [0.25, 0.3) is 5.91 Å². The number of thiophene rings is 1. The first-order valence-corrected chi connectivity index (χ1v) is 9.32. The second kappa shape index (κ2) is 8.65. The van der Waals surface area contributed by atoms with Gasteiger partial charge in [-0.15, -0.1) is 11.3 Å². The first-order valence-electron chi connectivity index (χ1n) is 8.44. The van der Waals surface area contributed by atoms with Gasteiger partial charge in [0, 0.05) is 25.7 Å². The van der Waals surface area contributed by atoms with Crippen LogP contribution in [-0.2, 0) is 0 Å². The Labute approximate surface area is 151 Å². The average Bonchev–Trinajstić information content (AvgIpc) is 3.18. The van der Waals surface area contributed by atoms with E-state index in [0.29, 0.717) is 12.2 Å². The minimum atomic E-state index is 0.0363. The van der Waals surface area contributed by atoms with Crippen LogP contribution in [0, 0.1) is 11.3 Å². The summed E-state index contributed by atoms with van der Waals surface area (Å²) in [6, 6.07) is 13.3. The molecular weight excluding hydrogens is 334 g/mol. The molecule has 2 aromatic rings. The highest BCUT2D eigenvalue weighted by atomic mass is 32.1. The summed E-state index contributed by atoms with van der Waals surface area (Å²) < 4.78 is 5.73. The van der Waals surface area contributed by atoms with Crippen molar-refractivity contribution in [3.05, 3.63) is 52.2 Å². The van der Waals surface area contributed by atoms with Gasteiger partial charge in [-0.25, -0.2) is 0 Å². The van der Waals surface area contributed by atoms with Crippen LogP contribution in [0.5, 0.6) is 5.75 Å². The van der Waals surface area contributed by atoms with Gasteiger partial charge in [-0.3, -0.25) is 9.69 Å². The number of amides is 1. The molecule has 0 bridgehead atoms. The Balaban J connectivity index is 1.36. The number of nitriles is 1. The molecule has 1 amide bonds. The van der Waals surface area contributed by atoms with E-state index in [2.05, 4.69) is 16.3 Å². The molecule has 1 aliphatic rings. The zero-order chi connectivity index (χ0) is 17.5. The van der Waals surface area contributed by atoms with Crippen molar-refractivity contribution in [1.29, 1.82) is 5.26 Å². The standard InChI is InChI=1S/C19H21N3O2S/c20-14-15-3-1-4-17(13-15)24-11-10-22-8-6-16(7-9-22)21-19(23)18-5-2-12-25-18/h1-5,12-13,16H,6-11H2,(H,21,23). The van der Waals surface area contributed by atoms with Crippen LogP contribution in [0.15, 0.2) is 41.8 Å². The molecule has 6 heteroatoms. The minimum Gasteiger partial charge on any atom is -0.492 e. The van der Waals surface area contributed by atoms with E-state index in [1.54, 1.807) is 12.1 Å². The smallest absolute Gasteiger partial charge is 0.261 e. The highest BCUT2D eigenvalue weighted by molar-refractivity contribution is 7.12. The molecule has 0 atom stereocenters. The zero-order valence-corrected chi connectivity index (χ0v) is 14.8. The molecule has 0 unspecified atom stereocenters. The molecule has 1 saturated heterocycles. The second-order valence-electron chi connectivity index (χ2n) is 6.05. The molecular formula is C19H21N3O2S. The first kappa shape index (κ1) is 17.5. The van der Waals surface area contributed by atoms with Crippen LogP contribution >= 0.6 is 11.3 Å². The van der Waals surface area contributed by atoms with E-state index >= 15 is 0 Å². The first-order chi connectivity index (χ1) is 12.2. The van der Waals surface area contributed by atoms with E-state index in [4.69, 9.17) is 10.00 Å². The third-order valence-corrected chi connectivity index (χ3v) is 5.18. The Kier molecular flexibility index (Phi) is 6.04. The van der Waals surface area contributed by atoms with Gasteiger partial charge in [0.05, 0.1) is 16.5 Å². The Hall–Kier alpha value is -2.36. The van der Waals surface area contributed by atoms with E-state index in [0.717, 1.165) is 43.1 Å². The number of likely N-dealkylation sites (tertiary alicyclic amines) is 1. The number of carbonyl (C=O) groups excluding carboxylic acids is 1. The summed E-state index contributed by atoms with van der Waals surface area (Å²) in [6.07, 6.45) is 1.92. The fraction of sp³-hybridized carbons (Fsp3) is 0.368. The van der Waals surface area contributed by atoms with E-state index in [1.807, 2.05) is 29.6 Å². The Bertz CT molecular complexity index is 731. The van der Waals surface area contributed by atoms with Crippen LogP contribution in [0.25, 0.3) is 0 Å². The summed E-state index contributed by atoms with van der Waals surface area (Å²) in [4.78, 5) is 15.2. The molecule has 2 heterocycles. The Morgan fingerprint density at radius 1 is 1.32 bits per heavy atom. The lowest BCUT2D eigenvalue weighted by atomic mass is 10.1. The molecule has 1 aliphatic heterocycles. The Morgan fingerprint density at radius 2 is 2.16 bits per heavy atom. The molecule has 0 radical (unpaired) electrons. The topological polar surface area (TPSA) is 65.4 Å². The summed E-state index contributed by atoms with van der Waals surface area (Å²) in [6.45, 7) is 3.36. The summed E-state index contributed by atoms with van der Waals surface area (Å²) in [5.41, 5.74) is 0.611. The second-order valence-corrected chi connectivity index (χ2v) is 7.00. The molecule has 1 N–H and O–H groups in total. The van der Waals surface area contributed by atoms with Gasteiger partial charge in [-0.2, -0.15) is 5.26 Å². The van der Waals surface area contributed by atoms with Crippen molar-refractivity contribution in [3.8, 4) is 11.8 Å². The summed E-state index contributed by atoms with van der Waals surface area (Å²) in [7, 11) is 0. The maximum absolute atomic E-state index is 12.1. The number of benzene rings is 1. The fourth-order valence-electron chi connectivity index (χ4n) is 2.91. The van der Waals surface area contributed by atoms with Crippen LogP contribution in [0.2, 0.25) is 0 Å². The predicted molar refractivity (Wildman–Crippen MR) is 97.9 cm³/mol.